The summed E-state index contributed by atoms with van der Waals surface area (Å²) in [4.78, 5) is 10.6. The molecule has 4 heterocycles. The molecule has 0 unspecified atom stereocenters. The summed E-state index contributed by atoms with van der Waals surface area (Å²) in [5.74, 6) is 2.29. The fourth-order valence-electron chi connectivity index (χ4n) is 7.91. The van der Waals surface area contributed by atoms with E-state index in [9.17, 15) is 0 Å². The number of fused-ring (bicyclic) bond motifs is 8. The first-order valence-corrected chi connectivity index (χ1v) is 19.3. The van der Waals surface area contributed by atoms with Gasteiger partial charge in [0.15, 0.2) is 0 Å². The van der Waals surface area contributed by atoms with Crippen LogP contribution >= 0.6 is 27.3 Å². The maximum absolute atomic E-state index is 6.53. The molecule has 7 heteroatoms. The summed E-state index contributed by atoms with van der Waals surface area (Å²) >= 11 is 5.68. The second kappa shape index (κ2) is 12.1. The number of hydrogen-bond donors (Lipinski definition) is 0. The van der Waals surface area contributed by atoms with Crippen molar-refractivity contribution in [1.82, 2.24) is 14.5 Å². The van der Waals surface area contributed by atoms with Crippen LogP contribution in [0.3, 0.4) is 0 Å². The lowest BCUT2D eigenvalue weighted by Gasteiger charge is -2.10. The summed E-state index contributed by atoms with van der Waals surface area (Å²) in [6, 6.07) is 52.9. The Labute approximate surface area is 321 Å². The number of methoxy groups -OCH3 is 1. The standard InChI is InChI=1S/C47H28BrN3O2S/c1-52-39-24-21-33(30-13-5-6-15-32(30)39)45-42(48)36-26-29(20-23-40(36)53-45)28-19-22-38-35(25-28)31-14-7-9-17-37(31)51(38)47-49-43(27-11-3-2-4-12-27)46-44(50-47)34-16-8-10-18-41(34)54-46/h2-26H,1H3. The van der Waals surface area contributed by atoms with E-state index >= 15 is 0 Å². The number of aromatic nitrogens is 3. The van der Waals surface area contributed by atoms with Gasteiger partial charge in [-0.1, -0.05) is 103 Å². The van der Waals surface area contributed by atoms with Crippen molar-refractivity contribution in [2.45, 2.75) is 0 Å². The molecule has 0 fully saturated rings. The number of para-hydroxylation sites is 1. The van der Waals surface area contributed by atoms with Crippen LogP contribution in [0.4, 0.5) is 0 Å². The Kier molecular flexibility index (Phi) is 7.02. The molecule has 0 amide bonds. The van der Waals surface area contributed by atoms with Gasteiger partial charge in [0.05, 0.1) is 38.5 Å². The van der Waals surface area contributed by atoms with E-state index in [0.29, 0.717) is 5.95 Å². The first kappa shape index (κ1) is 31.3. The van der Waals surface area contributed by atoms with E-state index in [2.05, 4.69) is 148 Å². The summed E-state index contributed by atoms with van der Waals surface area (Å²) in [7, 11) is 1.70. The lowest BCUT2D eigenvalue weighted by Crippen LogP contribution is -2.02. The van der Waals surface area contributed by atoms with Crippen LogP contribution in [-0.4, -0.2) is 21.6 Å². The number of nitrogens with zero attached hydrogens (tertiary/aromatic N) is 3. The van der Waals surface area contributed by atoms with E-state index < -0.39 is 0 Å². The van der Waals surface area contributed by atoms with Crippen molar-refractivity contribution in [2.75, 3.05) is 7.11 Å². The molecule has 0 bridgehead atoms. The van der Waals surface area contributed by atoms with Gasteiger partial charge < -0.3 is 9.15 Å². The molecule has 0 aliphatic carbocycles. The third-order valence-electron chi connectivity index (χ3n) is 10.4. The minimum atomic E-state index is 0.659. The Morgan fingerprint density at radius 1 is 0.593 bits per heavy atom. The molecular formula is C47H28BrN3O2S. The second-order valence-electron chi connectivity index (χ2n) is 13.4. The Morgan fingerprint density at radius 2 is 1.28 bits per heavy atom. The SMILES string of the molecule is COc1ccc(-c2oc3ccc(-c4ccc5c(c4)c4ccccc4n5-c4nc(-c5ccccc5)c5sc6ccccc6c5n4)cc3c2Br)c2ccccc12. The highest BCUT2D eigenvalue weighted by Gasteiger charge is 2.21. The van der Waals surface area contributed by atoms with Gasteiger partial charge in [0.1, 0.15) is 17.1 Å². The van der Waals surface area contributed by atoms with Crippen LogP contribution in [0.25, 0.3) is 104 Å². The third-order valence-corrected chi connectivity index (χ3v) is 12.4. The maximum atomic E-state index is 6.53. The van der Waals surface area contributed by atoms with Crippen LogP contribution in [0.15, 0.2) is 161 Å². The number of rotatable bonds is 5. The van der Waals surface area contributed by atoms with Crippen LogP contribution in [0.1, 0.15) is 0 Å². The van der Waals surface area contributed by atoms with Crippen LogP contribution in [0.2, 0.25) is 0 Å². The number of thiophene rings is 1. The first-order chi connectivity index (χ1) is 26.6. The first-order valence-electron chi connectivity index (χ1n) is 17.7. The highest BCUT2D eigenvalue weighted by molar-refractivity contribution is 9.10. The molecule has 0 atom stereocenters. The molecule has 256 valence electrons. The van der Waals surface area contributed by atoms with E-state index in [1.807, 2.05) is 24.3 Å². The van der Waals surface area contributed by atoms with Crippen LogP contribution in [0.5, 0.6) is 5.75 Å². The van der Waals surface area contributed by atoms with Crippen molar-refractivity contribution in [1.29, 1.82) is 0 Å². The molecule has 0 saturated carbocycles. The molecule has 0 spiro atoms. The number of halogens is 1. The fraction of sp³-hybridized carbons (Fsp3) is 0.0213. The van der Waals surface area contributed by atoms with Crippen molar-refractivity contribution in [3.63, 3.8) is 0 Å². The van der Waals surface area contributed by atoms with E-state index in [-0.39, 0.29) is 0 Å². The number of hydrogen-bond acceptors (Lipinski definition) is 5. The normalized spacial score (nSPS) is 11.9. The van der Waals surface area contributed by atoms with Crippen LogP contribution < -0.4 is 4.74 Å². The lowest BCUT2D eigenvalue weighted by molar-refractivity contribution is 0.420. The van der Waals surface area contributed by atoms with Crippen molar-refractivity contribution in [2.24, 2.45) is 0 Å². The minimum Gasteiger partial charge on any atom is -0.496 e. The van der Waals surface area contributed by atoms with Gasteiger partial charge in [0.25, 0.3) is 0 Å². The van der Waals surface area contributed by atoms with Gasteiger partial charge in [-0.2, -0.15) is 0 Å². The van der Waals surface area contributed by atoms with E-state index in [1.165, 1.54) is 4.70 Å². The number of ether oxygens (including phenoxy) is 1. The monoisotopic (exact) mass is 777 g/mol. The fourth-order valence-corrected chi connectivity index (χ4v) is 9.66. The maximum Gasteiger partial charge on any atom is 0.235 e. The molecule has 54 heavy (non-hydrogen) atoms. The molecule has 0 aliphatic rings. The van der Waals surface area contributed by atoms with Crippen molar-refractivity contribution in [3.05, 3.63) is 156 Å². The van der Waals surface area contributed by atoms with Gasteiger partial charge in [0, 0.05) is 42.8 Å². The zero-order valence-corrected chi connectivity index (χ0v) is 31.3. The summed E-state index contributed by atoms with van der Waals surface area (Å²) in [5.41, 5.74) is 9.15. The largest absolute Gasteiger partial charge is 0.496 e. The molecule has 0 radical (unpaired) electrons. The molecule has 11 rings (SSSR count). The van der Waals surface area contributed by atoms with Gasteiger partial charge in [-0.15, -0.1) is 11.3 Å². The molecule has 4 aromatic heterocycles. The summed E-state index contributed by atoms with van der Waals surface area (Å²) in [6.07, 6.45) is 0. The van der Waals surface area contributed by atoms with Gasteiger partial charge >= 0.3 is 0 Å². The van der Waals surface area contributed by atoms with E-state index in [0.717, 1.165) is 103 Å². The van der Waals surface area contributed by atoms with Gasteiger partial charge in [0.2, 0.25) is 5.95 Å². The number of furan rings is 1. The Bertz CT molecular complexity index is 3290. The predicted molar refractivity (Wildman–Crippen MR) is 227 cm³/mol. The quantitative estimate of drug-likeness (QED) is 0.175. The van der Waals surface area contributed by atoms with Gasteiger partial charge in [-0.25, -0.2) is 9.97 Å². The van der Waals surface area contributed by atoms with Crippen molar-refractivity contribution >= 4 is 91.1 Å². The predicted octanol–water partition coefficient (Wildman–Crippen LogP) is 13.6. The second-order valence-corrected chi connectivity index (χ2v) is 15.3. The highest BCUT2D eigenvalue weighted by atomic mass is 79.9. The zero-order chi connectivity index (χ0) is 35.9. The van der Waals surface area contributed by atoms with Crippen LogP contribution in [0, 0.1) is 0 Å². The van der Waals surface area contributed by atoms with Crippen molar-refractivity contribution in [3.8, 4) is 45.4 Å². The lowest BCUT2D eigenvalue weighted by atomic mass is 10.0. The summed E-state index contributed by atoms with van der Waals surface area (Å²) in [5, 5.41) is 6.57. The zero-order valence-electron chi connectivity index (χ0n) is 28.9. The molecular weight excluding hydrogens is 751 g/mol. The Balaban J connectivity index is 1.08. The average molecular weight is 779 g/mol. The third kappa shape index (κ3) is 4.68. The molecule has 0 N–H and O–H groups in total. The average Bonchev–Trinajstić information content (AvgIpc) is 3.89. The summed E-state index contributed by atoms with van der Waals surface area (Å²) in [6.45, 7) is 0. The van der Waals surface area contributed by atoms with Gasteiger partial charge in [-0.05, 0) is 81.0 Å². The molecule has 0 saturated heterocycles. The summed E-state index contributed by atoms with van der Waals surface area (Å²) < 4.78 is 17.6. The Morgan fingerprint density at radius 3 is 2.11 bits per heavy atom. The van der Waals surface area contributed by atoms with Crippen molar-refractivity contribution < 1.29 is 9.15 Å². The topological polar surface area (TPSA) is 53.1 Å². The highest BCUT2D eigenvalue weighted by Crippen LogP contribution is 2.44. The molecule has 0 aliphatic heterocycles. The molecule has 7 aromatic carbocycles. The van der Waals surface area contributed by atoms with E-state index in [4.69, 9.17) is 19.1 Å². The molecule has 5 nitrogen and oxygen atoms in total. The molecule has 11 aromatic rings. The van der Waals surface area contributed by atoms with Crippen LogP contribution in [-0.2, 0) is 0 Å². The Hall–Kier alpha value is -6.28. The van der Waals surface area contributed by atoms with E-state index in [1.54, 1.807) is 18.4 Å². The minimum absolute atomic E-state index is 0.659. The number of benzene rings is 7. The van der Waals surface area contributed by atoms with Gasteiger partial charge in [-0.3, -0.25) is 4.57 Å². The smallest absolute Gasteiger partial charge is 0.235 e.